The van der Waals surface area contributed by atoms with Crippen LogP contribution in [-0.2, 0) is 12.2 Å². The van der Waals surface area contributed by atoms with Crippen molar-refractivity contribution in [3.8, 4) is 0 Å². The van der Waals surface area contributed by atoms with Gasteiger partial charge >= 0.3 is 0 Å². The Morgan fingerprint density at radius 1 is 1.13 bits per heavy atom. The Morgan fingerprint density at radius 3 is 2.22 bits per heavy atom. The number of aromatic nitrogens is 2. The minimum absolute atomic E-state index is 0.116. The van der Waals surface area contributed by atoms with E-state index in [4.69, 9.17) is 11.5 Å². The third-order valence-corrected chi connectivity index (χ3v) is 5.42. The molecule has 0 radical (unpaired) electrons. The maximum absolute atomic E-state index is 6.48. The Labute approximate surface area is 142 Å². The number of nitrogens with two attached hydrogens (primary N) is 2. The first kappa shape index (κ1) is 18.5. The van der Waals surface area contributed by atoms with E-state index in [9.17, 15) is 0 Å². The fraction of sp³-hybridized carbons (Fsp3) is 0.842. The molecule has 1 aromatic rings. The van der Waals surface area contributed by atoms with Gasteiger partial charge < -0.3 is 5.73 Å². The van der Waals surface area contributed by atoms with Crippen LogP contribution in [0, 0.1) is 16.7 Å². The number of nitrogens with zero attached hydrogens (tertiary/aromatic N) is 2. The highest BCUT2D eigenvalue weighted by atomic mass is 15.2. The van der Waals surface area contributed by atoms with Gasteiger partial charge in [0.05, 0.1) is 6.54 Å². The van der Waals surface area contributed by atoms with Crippen molar-refractivity contribution >= 4 is 0 Å². The van der Waals surface area contributed by atoms with Crippen molar-refractivity contribution in [1.29, 1.82) is 0 Å². The average Bonchev–Trinajstić information content (AvgIpc) is 2.72. The van der Waals surface area contributed by atoms with Crippen LogP contribution in [0.15, 0.2) is 18.7 Å². The van der Waals surface area contributed by atoms with Crippen molar-refractivity contribution in [3.63, 3.8) is 0 Å². The smallest absolute Gasteiger partial charge is 0.245 e. The Balaban J connectivity index is 2.21. The van der Waals surface area contributed by atoms with Gasteiger partial charge in [0.2, 0.25) is 6.33 Å². The summed E-state index contributed by atoms with van der Waals surface area (Å²) in [5.41, 5.74) is 12.8. The lowest BCUT2D eigenvalue weighted by Crippen LogP contribution is -2.52. The van der Waals surface area contributed by atoms with Crippen molar-refractivity contribution in [2.45, 2.75) is 85.5 Å². The second kappa shape index (κ2) is 5.59. The molecule has 2 unspecified atom stereocenters. The quantitative estimate of drug-likeness (QED) is 0.838. The molecule has 0 aliphatic heterocycles. The van der Waals surface area contributed by atoms with Crippen molar-refractivity contribution in [2.75, 3.05) is 0 Å². The number of hydrogen-bond acceptors (Lipinski definition) is 2. The zero-order valence-electron chi connectivity index (χ0n) is 16.2. The molecule has 4 N–H and O–H groups in total. The topological polar surface area (TPSA) is 60.8 Å². The number of rotatable bonds is 4. The maximum atomic E-state index is 6.48. The summed E-state index contributed by atoms with van der Waals surface area (Å²) < 4.78 is 4.37. The Hall–Kier alpha value is -0.870. The molecule has 23 heavy (non-hydrogen) atoms. The summed E-state index contributed by atoms with van der Waals surface area (Å²) in [4.78, 5) is 0. The van der Waals surface area contributed by atoms with Crippen LogP contribution in [-0.4, -0.2) is 10.1 Å². The third kappa shape index (κ3) is 4.57. The molecule has 132 valence electrons. The highest BCUT2D eigenvalue weighted by Gasteiger charge is 2.46. The standard InChI is InChI=1S/C19H37N4/c1-16(2)10-15(17(3,4)20)11-19(7,12-16)13-22-8-9-23(14-22)18(5,6)21/h8-9,14-15H,10-13,20-21H2,1-7H3/q+1. The van der Waals surface area contributed by atoms with Gasteiger partial charge in [-0.15, -0.1) is 0 Å². The van der Waals surface area contributed by atoms with Crippen molar-refractivity contribution in [3.05, 3.63) is 18.7 Å². The molecule has 1 saturated carbocycles. The van der Waals surface area contributed by atoms with Crippen LogP contribution in [0.2, 0.25) is 0 Å². The third-order valence-electron chi connectivity index (χ3n) is 5.42. The molecule has 0 amide bonds. The molecule has 0 spiro atoms. The Morgan fingerprint density at radius 2 is 1.74 bits per heavy atom. The second-order valence-electron chi connectivity index (χ2n) is 10.2. The van der Waals surface area contributed by atoms with Crippen LogP contribution in [0.5, 0.6) is 0 Å². The Kier molecular flexibility index (Phi) is 4.49. The minimum Gasteiger partial charge on any atom is -0.325 e. The van der Waals surface area contributed by atoms with Crippen molar-refractivity contribution in [1.82, 2.24) is 4.57 Å². The molecule has 0 bridgehead atoms. The summed E-state index contributed by atoms with van der Waals surface area (Å²) >= 11 is 0. The molecule has 1 heterocycles. The van der Waals surface area contributed by atoms with E-state index in [1.807, 2.05) is 13.8 Å². The monoisotopic (exact) mass is 321 g/mol. The van der Waals surface area contributed by atoms with E-state index in [0.717, 1.165) is 6.54 Å². The van der Waals surface area contributed by atoms with Gasteiger partial charge in [-0.25, -0.2) is 9.13 Å². The molecule has 2 rings (SSSR count). The molecule has 1 aliphatic carbocycles. The van der Waals surface area contributed by atoms with E-state index in [0.29, 0.717) is 11.3 Å². The van der Waals surface area contributed by atoms with E-state index < -0.39 is 0 Å². The van der Waals surface area contributed by atoms with Crippen LogP contribution >= 0.6 is 0 Å². The molecular formula is C19H37N4+. The fourth-order valence-electron chi connectivity index (χ4n) is 4.55. The minimum atomic E-state index is -0.361. The average molecular weight is 322 g/mol. The predicted molar refractivity (Wildman–Crippen MR) is 95.6 cm³/mol. The lowest BCUT2D eigenvalue weighted by Gasteiger charge is -2.49. The van der Waals surface area contributed by atoms with E-state index >= 15 is 0 Å². The van der Waals surface area contributed by atoms with E-state index in [1.165, 1.54) is 19.3 Å². The van der Waals surface area contributed by atoms with E-state index in [2.05, 4.69) is 62.5 Å². The van der Waals surface area contributed by atoms with E-state index in [1.54, 1.807) is 0 Å². The largest absolute Gasteiger partial charge is 0.325 e. The summed E-state index contributed by atoms with van der Waals surface area (Å²) in [6.07, 6.45) is 9.98. The first-order chi connectivity index (χ1) is 10.2. The zero-order chi connectivity index (χ0) is 17.7. The summed E-state index contributed by atoms with van der Waals surface area (Å²) in [7, 11) is 0. The van der Waals surface area contributed by atoms with Crippen LogP contribution < -0.4 is 16.0 Å². The van der Waals surface area contributed by atoms with Crippen molar-refractivity contribution in [2.24, 2.45) is 28.2 Å². The lowest BCUT2D eigenvalue weighted by atomic mass is 9.57. The normalized spacial score (nSPS) is 28.8. The summed E-state index contributed by atoms with van der Waals surface area (Å²) in [5.74, 6) is 0.560. The number of imidazole rings is 1. The predicted octanol–water partition coefficient (Wildman–Crippen LogP) is 3.00. The highest BCUT2D eigenvalue weighted by molar-refractivity contribution is 4.96. The summed E-state index contributed by atoms with van der Waals surface area (Å²) in [6, 6.07) is 0. The molecule has 2 atom stereocenters. The molecule has 0 saturated heterocycles. The van der Waals surface area contributed by atoms with Crippen LogP contribution in [0.3, 0.4) is 0 Å². The summed E-state index contributed by atoms with van der Waals surface area (Å²) in [6.45, 7) is 16.6. The lowest BCUT2D eigenvalue weighted by molar-refractivity contribution is -0.710. The van der Waals surface area contributed by atoms with Crippen molar-refractivity contribution < 1.29 is 4.57 Å². The molecule has 1 aromatic heterocycles. The number of hydrogen-bond donors (Lipinski definition) is 2. The van der Waals surface area contributed by atoms with Gasteiger partial charge in [-0.2, -0.15) is 0 Å². The maximum Gasteiger partial charge on any atom is 0.245 e. The fourth-order valence-corrected chi connectivity index (χ4v) is 4.55. The van der Waals surface area contributed by atoms with Gasteiger partial charge in [0.1, 0.15) is 12.4 Å². The van der Waals surface area contributed by atoms with Gasteiger partial charge in [-0.05, 0) is 58.3 Å². The summed E-state index contributed by atoms with van der Waals surface area (Å²) in [5, 5.41) is 0. The first-order valence-electron chi connectivity index (χ1n) is 8.86. The zero-order valence-corrected chi connectivity index (χ0v) is 16.2. The molecular weight excluding hydrogens is 284 g/mol. The van der Waals surface area contributed by atoms with Gasteiger partial charge in [-0.3, -0.25) is 5.73 Å². The van der Waals surface area contributed by atoms with Crippen LogP contribution in [0.1, 0.15) is 67.7 Å². The molecule has 1 aliphatic rings. The SMILES string of the molecule is CC1(C)CC(C(C)(C)N)CC(C)(C[n+]2ccn(C(C)(C)N)c2)C1. The van der Waals surface area contributed by atoms with Crippen LogP contribution in [0.25, 0.3) is 0 Å². The first-order valence-corrected chi connectivity index (χ1v) is 8.86. The molecule has 4 nitrogen and oxygen atoms in total. The second-order valence-corrected chi connectivity index (χ2v) is 10.2. The van der Waals surface area contributed by atoms with E-state index in [-0.39, 0.29) is 16.6 Å². The molecule has 4 heteroatoms. The van der Waals surface area contributed by atoms with Gasteiger partial charge in [0.25, 0.3) is 0 Å². The van der Waals surface area contributed by atoms with Gasteiger partial charge in [0.15, 0.2) is 5.66 Å². The highest BCUT2D eigenvalue weighted by Crippen LogP contribution is 2.51. The Bertz CT molecular complexity index is 544. The van der Waals surface area contributed by atoms with Crippen LogP contribution in [0.4, 0.5) is 0 Å². The van der Waals surface area contributed by atoms with Gasteiger partial charge in [-0.1, -0.05) is 20.8 Å². The van der Waals surface area contributed by atoms with Gasteiger partial charge in [0, 0.05) is 11.0 Å². The molecule has 0 aromatic carbocycles. The molecule has 1 fully saturated rings.